The van der Waals surface area contributed by atoms with Crippen LogP contribution in [0, 0.1) is 11.6 Å². The number of hydrogen-bond acceptors (Lipinski definition) is 9. The molecular formula is C42H59F2N11. The third-order valence-corrected chi connectivity index (χ3v) is 10.1. The van der Waals surface area contributed by atoms with Crippen LogP contribution in [0.25, 0.3) is 5.65 Å². The minimum Gasteiger partial charge on any atom is -0.370 e. The van der Waals surface area contributed by atoms with Gasteiger partial charge in [0, 0.05) is 48.0 Å². The van der Waals surface area contributed by atoms with Crippen LogP contribution in [0.4, 0.5) is 20.4 Å². The summed E-state index contributed by atoms with van der Waals surface area (Å²) in [6.07, 6.45) is 14.2. The Balaban J connectivity index is 0.000000212. The molecule has 2 aliphatic rings. The number of rotatable bonds is 15. The van der Waals surface area contributed by atoms with E-state index in [0.29, 0.717) is 35.5 Å². The number of unbranched alkanes of at least 4 members (excludes halogenated alkanes) is 2. The van der Waals surface area contributed by atoms with Gasteiger partial charge in [-0.1, -0.05) is 75.9 Å². The Morgan fingerprint density at radius 1 is 0.982 bits per heavy atom. The van der Waals surface area contributed by atoms with Crippen LogP contribution in [0.1, 0.15) is 108 Å². The van der Waals surface area contributed by atoms with Gasteiger partial charge < -0.3 is 27.0 Å². The first-order chi connectivity index (χ1) is 26.7. The van der Waals surface area contributed by atoms with Crippen molar-refractivity contribution in [3.8, 4) is 0 Å². The number of aliphatic imine (C=N–C) groups is 1. The molecule has 11 nitrogen and oxygen atoms in total. The largest absolute Gasteiger partial charge is 0.370 e. The molecule has 0 saturated heterocycles. The number of amidine groups is 1. The van der Waals surface area contributed by atoms with Gasteiger partial charge in [0.25, 0.3) is 0 Å². The van der Waals surface area contributed by atoms with E-state index in [1.807, 2.05) is 48.8 Å². The van der Waals surface area contributed by atoms with Crippen LogP contribution >= 0.6 is 0 Å². The lowest BCUT2D eigenvalue weighted by atomic mass is 9.95. The summed E-state index contributed by atoms with van der Waals surface area (Å²) in [6.45, 7) is 10.5. The molecule has 296 valence electrons. The maximum atomic E-state index is 14.0. The lowest BCUT2D eigenvalue weighted by molar-refractivity contribution is 0.381. The third kappa shape index (κ3) is 11.5. The average molecular weight is 756 g/mol. The van der Waals surface area contributed by atoms with Gasteiger partial charge in [0.2, 0.25) is 0 Å². The predicted molar refractivity (Wildman–Crippen MR) is 220 cm³/mol. The van der Waals surface area contributed by atoms with E-state index in [2.05, 4.69) is 45.2 Å². The summed E-state index contributed by atoms with van der Waals surface area (Å²) in [6, 6.07) is 15.9. The van der Waals surface area contributed by atoms with Crippen LogP contribution in [0.5, 0.6) is 0 Å². The fourth-order valence-electron chi connectivity index (χ4n) is 6.62. The number of hydrazine groups is 1. The molecule has 2 aromatic carbocycles. The van der Waals surface area contributed by atoms with Crippen molar-refractivity contribution < 1.29 is 8.78 Å². The van der Waals surface area contributed by atoms with E-state index in [0.717, 1.165) is 78.8 Å². The Morgan fingerprint density at radius 3 is 2.36 bits per heavy atom. The number of halogens is 2. The molecule has 0 radical (unpaired) electrons. The van der Waals surface area contributed by atoms with E-state index in [4.69, 9.17) is 16.6 Å². The molecule has 13 heteroatoms. The van der Waals surface area contributed by atoms with Crippen LogP contribution in [-0.2, 0) is 13.1 Å². The van der Waals surface area contributed by atoms with E-state index in [9.17, 15) is 8.78 Å². The van der Waals surface area contributed by atoms with Crippen LogP contribution < -0.4 is 32.8 Å². The molecule has 8 N–H and O–H groups in total. The molecule has 0 bridgehead atoms. The summed E-state index contributed by atoms with van der Waals surface area (Å²) in [5.74, 6) is 10.0. The van der Waals surface area contributed by atoms with Gasteiger partial charge in [0.05, 0.1) is 12.7 Å². The minimum atomic E-state index is -0.249. The van der Waals surface area contributed by atoms with Crippen molar-refractivity contribution in [3.63, 3.8) is 0 Å². The lowest BCUT2D eigenvalue weighted by Crippen LogP contribution is -2.49. The predicted octanol–water partition coefficient (Wildman–Crippen LogP) is 8.05. The van der Waals surface area contributed by atoms with Crippen molar-refractivity contribution in [3.05, 3.63) is 112 Å². The summed E-state index contributed by atoms with van der Waals surface area (Å²) in [4.78, 5) is 9.36. The summed E-state index contributed by atoms with van der Waals surface area (Å²) in [5.41, 5.74) is 9.75. The first kappa shape index (κ1) is 41.2. The fourth-order valence-corrected chi connectivity index (χ4v) is 6.62. The average Bonchev–Trinajstić information content (AvgIpc) is 3.62. The minimum absolute atomic E-state index is 0.218. The van der Waals surface area contributed by atoms with Gasteiger partial charge in [-0.3, -0.25) is 4.99 Å². The van der Waals surface area contributed by atoms with Crippen LogP contribution in [0.15, 0.2) is 89.1 Å². The lowest BCUT2D eigenvalue weighted by Gasteiger charge is -2.33. The molecule has 3 heterocycles. The molecule has 55 heavy (non-hydrogen) atoms. The molecular weight excluding hydrogens is 697 g/mol. The maximum absolute atomic E-state index is 14.0. The number of nitrogens with two attached hydrogens (primary N) is 2. The number of benzene rings is 2. The Bertz CT molecular complexity index is 1930. The topological polar surface area (TPSA) is 146 Å². The molecule has 0 amide bonds. The Labute approximate surface area is 324 Å². The highest BCUT2D eigenvalue weighted by atomic mass is 19.1. The van der Waals surface area contributed by atoms with Gasteiger partial charge in [-0.05, 0) is 76.1 Å². The van der Waals surface area contributed by atoms with E-state index in [1.54, 1.807) is 24.3 Å². The van der Waals surface area contributed by atoms with Crippen molar-refractivity contribution in [1.29, 1.82) is 0 Å². The number of aromatic nitrogens is 3. The van der Waals surface area contributed by atoms with Crippen molar-refractivity contribution in [2.75, 3.05) is 23.7 Å². The normalized spacial score (nSPS) is 15.9. The summed E-state index contributed by atoms with van der Waals surface area (Å²) in [7, 11) is 0. The highest BCUT2D eigenvalue weighted by molar-refractivity contribution is 5.95. The van der Waals surface area contributed by atoms with Gasteiger partial charge in [-0.15, -0.1) is 0 Å². The zero-order valence-electron chi connectivity index (χ0n) is 32.8. The SMILES string of the molecule is CC(C)=C1NC(NC2CCCCC2)=CC(=NCc2ccccc2F)N1N.CCC(C)c1cnn2c(NCc3ccccc3F)cc(NCCCCCN)nc12. The van der Waals surface area contributed by atoms with Crippen molar-refractivity contribution in [2.45, 2.75) is 111 Å². The molecule has 0 spiro atoms. The Morgan fingerprint density at radius 2 is 1.69 bits per heavy atom. The van der Waals surface area contributed by atoms with Gasteiger partial charge in [-0.2, -0.15) is 9.61 Å². The van der Waals surface area contributed by atoms with Gasteiger partial charge in [0.1, 0.15) is 40.7 Å². The first-order valence-electron chi connectivity index (χ1n) is 19.7. The maximum Gasteiger partial charge on any atom is 0.163 e. The molecule has 1 saturated carbocycles. The van der Waals surface area contributed by atoms with Gasteiger partial charge >= 0.3 is 0 Å². The standard InChI is InChI=1S/C22H31FN6.C20H28FN5/c1-3-16(2)18-15-27-29-21(26-14-17-9-5-6-10-19(17)23)13-20(28-22(18)29)25-12-8-4-7-11-24;1-14(2)20-25-18(24-16-9-4-3-5-10-16)12-19(26(20)22)23-13-15-8-6-7-11-17(15)21/h5-6,9-10,13,15-16,26H,3-4,7-8,11-12,14,24H2,1-2H3,(H,25,28);6-8,11-12,16,24-25H,3-5,9-10,13,22H2,1-2H3. The smallest absolute Gasteiger partial charge is 0.163 e. The molecule has 4 aromatic rings. The van der Waals surface area contributed by atoms with E-state index in [-0.39, 0.29) is 18.2 Å². The summed E-state index contributed by atoms with van der Waals surface area (Å²) >= 11 is 0. The quantitative estimate of drug-likeness (QED) is 0.0524. The molecule has 1 fully saturated rings. The molecule has 1 aliphatic carbocycles. The highest BCUT2D eigenvalue weighted by Crippen LogP contribution is 2.27. The number of anilines is 2. The number of fused-ring (bicyclic) bond motifs is 1. The van der Waals surface area contributed by atoms with Crippen molar-refractivity contribution in [2.24, 2.45) is 16.6 Å². The second-order valence-electron chi connectivity index (χ2n) is 14.5. The van der Waals surface area contributed by atoms with Crippen LogP contribution in [0.2, 0.25) is 0 Å². The van der Waals surface area contributed by atoms with Gasteiger partial charge in [0.15, 0.2) is 5.65 Å². The zero-order chi connectivity index (χ0) is 39.2. The third-order valence-electron chi connectivity index (χ3n) is 10.1. The fraction of sp³-hybridized carbons (Fsp3) is 0.452. The second-order valence-corrected chi connectivity index (χ2v) is 14.5. The number of allylic oxidation sites excluding steroid dienone is 1. The molecule has 1 unspecified atom stereocenters. The van der Waals surface area contributed by atoms with Crippen molar-refractivity contribution in [1.82, 2.24) is 30.2 Å². The molecule has 1 atom stereocenters. The Kier molecular flexibility index (Phi) is 15.4. The van der Waals surface area contributed by atoms with Crippen molar-refractivity contribution >= 4 is 23.1 Å². The summed E-state index contributed by atoms with van der Waals surface area (Å²) in [5, 5.41) is 19.8. The van der Waals surface area contributed by atoms with Crippen LogP contribution in [0.3, 0.4) is 0 Å². The first-order valence-corrected chi connectivity index (χ1v) is 19.7. The van der Waals surface area contributed by atoms with Gasteiger partial charge in [-0.25, -0.2) is 24.6 Å². The number of nitrogens with zero attached hydrogens (tertiary/aromatic N) is 5. The zero-order valence-corrected chi connectivity index (χ0v) is 32.8. The van der Waals surface area contributed by atoms with E-state index < -0.39 is 0 Å². The van der Waals surface area contributed by atoms with Crippen LogP contribution in [-0.4, -0.2) is 44.6 Å². The monoisotopic (exact) mass is 755 g/mol. The highest BCUT2D eigenvalue weighted by Gasteiger charge is 2.23. The van der Waals surface area contributed by atoms with E-state index >= 15 is 0 Å². The summed E-state index contributed by atoms with van der Waals surface area (Å²) < 4.78 is 29.7. The van der Waals surface area contributed by atoms with E-state index in [1.165, 1.54) is 49.2 Å². The number of nitrogens with one attached hydrogen (secondary N) is 4. The molecule has 1 aliphatic heterocycles. The number of hydrogen-bond donors (Lipinski definition) is 6. The molecule has 6 rings (SSSR count). The second kappa shape index (κ2) is 20.6. The molecule has 2 aromatic heterocycles. The Hall–Kier alpha value is -5.01.